The van der Waals surface area contributed by atoms with Crippen molar-refractivity contribution in [1.82, 2.24) is 0 Å². The highest BCUT2D eigenvalue weighted by molar-refractivity contribution is 5.96. The van der Waals surface area contributed by atoms with Gasteiger partial charge < -0.3 is 9.47 Å². The van der Waals surface area contributed by atoms with E-state index in [4.69, 9.17) is 9.47 Å². The van der Waals surface area contributed by atoms with Crippen molar-refractivity contribution in [2.75, 3.05) is 0 Å². The first-order valence-electron chi connectivity index (χ1n) is 9.59. The number of alkyl halides is 6. The van der Waals surface area contributed by atoms with Gasteiger partial charge in [0, 0.05) is 11.6 Å². The van der Waals surface area contributed by atoms with Crippen LogP contribution in [0.1, 0.15) is 58.3 Å². The van der Waals surface area contributed by atoms with Crippen molar-refractivity contribution in [1.29, 1.82) is 0 Å². The minimum atomic E-state index is -4.35. The Hall–Kier alpha value is -1.74. The summed E-state index contributed by atoms with van der Waals surface area (Å²) in [6.07, 6.45) is -9.22. The first kappa shape index (κ1) is 23.5. The van der Waals surface area contributed by atoms with Crippen LogP contribution < -0.4 is 0 Å². The molecule has 0 aromatic heterocycles. The van der Waals surface area contributed by atoms with Crippen molar-refractivity contribution < 1.29 is 45.4 Å². The standard InChI is InChI=1S/C19H24F6O4/c1-11(17(27)29-15-7-3-5-13(10-15)19(23,24)25)8-16(26)28-14-6-2-4-12(9-14)18(20,21)22/h8,12-15H,2-7,9-10H2,1H3/b11-8-. The summed E-state index contributed by atoms with van der Waals surface area (Å²) in [5, 5.41) is 0. The normalized spacial score (nSPS) is 29.3. The fourth-order valence-corrected chi connectivity index (χ4v) is 3.78. The number of hydrogen-bond donors (Lipinski definition) is 0. The Kier molecular flexibility index (Phi) is 7.62. The largest absolute Gasteiger partial charge is 0.459 e. The van der Waals surface area contributed by atoms with Crippen molar-refractivity contribution in [3.05, 3.63) is 11.6 Å². The molecule has 2 aliphatic rings. The minimum absolute atomic E-state index is 0.0148. The molecule has 4 nitrogen and oxygen atoms in total. The molecule has 2 fully saturated rings. The number of carbonyl (C=O) groups is 2. The van der Waals surface area contributed by atoms with Gasteiger partial charge in [0.05, 0.1) is 11.8 Å². The van der Waals surface area contributed by atoms with Crippen LogP contribution in [0.4, 0.5) is 26.3 Å². The van der Waals surface area contributed by atoms with Crippen LogP contribution in [0.25, 0.3) is 0 Å². The zero-order valence-corrected chi connectivity index (χ0v) is 15.9. The third kappa shape index (κ3) is 7.22. The molecule has 0 N–H and O–H groups in total. The molecule has 0 aromatic rings. The SMILES string of the molecule is C/C(=C/C(=O)OC1CCCC(C(F)(F)F)C1)C(=O)OC1CCCC(C(F)(F)F)C1. The smallest absolute Gasteiger partial charge is 0.391 e. The summed E-state index contributed by atoms with van der Waals surface area (Å²) in [5.74, 6) is -4.97. The highest BCUT2D eigenvalue weighted by atomic mass is 19.4. The zero-order chi connectivity index (χ0) is 21.8. The Labute approximate surface area is 164 Å². The van der Waals surface area contributed by atoms with Gasteiger partial charge in [-0.25, -0.2) is 9.59 Å². The summed E-state index contributed by atoms with van der Waals surface area (Å²) in [5.41, 5.74) is -0.174. The third-order valence-corrected chi connectivity index (χ3v) is 5.39. The van der Waals surface area contributed by atoms with E-state index in [1.807, 2.05) is 0 Å². The van der Waals surface area contributed by atoms with Crippen molar-refractivity contribution in [2.45, 2.75) is 82.9 Å². The summed E-state index contributed by atoms with van der Waals surface area (Å²) in [4.78, 5) is 24.0. The maximum atomic E-state index is 12.8. The molecule has 0 heterocycles. The molecule has 4 atom stereocenters. The summed E-state index contributed by atoms with van der Waals surface area (Å²) >= 11 is 0. The fraction of sp³-hybridized carbons (Fsp3) is 0.789. The molecular formula is C19H24F6O4. The monoisotopic (exact) mass is 430 g/mol. The van der Waals surface area contributed by atoms with E-state index in [9.17, 15) is 35.9 Å². The van der Waals surface area contributed by atoms with Gasteiger partial charge in [0.15, 0.2) is 0 Å². The molecule has 29 heavy (non-hydrogen) atoms. The predicted molar refractivity (Wildman–Crippen MR) is 89.5 cm³/mol. The molecule has 0 bridgehead atoms. The molecule has 0 amide bonds. The van der Waals surface area contributed by atoms with Crippen LogP contribution in [0.5, 0.6) is 0 Å². The van der Waals surface area contributed by atoms with Crippen LogP contribution in [-0.4, -0.2) is 36.5 Å². The van der Waals surface area contributed by atoms with Gasteiger partial charge in [-0.1, -0.05) is 0 Å². The molecule has 0 aliphatic heterocycles. The van der Waals surface area contributed by atoms with Gasteiger partial charge in [-0.05, 0) is 58.3 Å². The molecule has 10 heteroatoms. The lowest BCUT2D eigenvalue weighted by atomic mass is 9.86. The van der Waals surface area contributed by atoms with E-state index in [1.54, 1.807) is 0 Å². The average molecular weight is 430 g/mol. The molecule has 2 aliphatic carbocycles. The molecule has 0 saturated heterocycles. The lowest BCUT2D eigenvalue weighted by Gasteiger charge is -2.30. The van der Waals surface area contributed by atoms with Crippen LogP contribution in [0, 0.1) is 11.8 Å². The highest BCUT2D eigenvalue weighted by Gasteiger charge is 2.44. The first-order valence-corrected chi connectivity index (χ1v) is 9.59. The number of esters is 2. The Morgan fingerprint density at radius 2 is 1.24 bits per heavy atom. The van der Waals surface area contributed by atoms with Gasteiger partial charge in [0.2, 0.25) is 0 Å². The fourth-order valence-electron chi connectivity index (χ4n) is 3.78. The second-order valence-electron chi connectivity index (χ2n) is 7.72. The van der Waals surface area contributed by atoms with Gasteiger partial charge in [0.1, 0.15) is 12.2 Å². The number of carbonyl (C=O) groups excluding carboxylic acids is 2. The third-order valence-electron chi connectivity index (χ3n) is 5.39. The van der Waals surface area contributed by atoms with Crippen LogP contribution in [0.15, 0.2) is 11.6 Å². The summed E-state index contributed by atoms with van der Waals surface area (Å²) in [7, 11) is 0. The predicted octanol–water partition coefficient (Wildman–Crippen LogP) is 5.26. The second-order valence-corrected chi connectivity index (χ2v) is 7.72. The molecule has 0 radical (unpaired) electrons. The van der Waals surface area contributed by atoms with E-state index in [0.717, 1.165) is 6.08 Å². The Morgan fingerprint density at radius 1 is 0.793 bits per heavy atom. The van der Waals surface area contributed by atoms with E-state index in [-0.39, 0.29) is 44.1 Å². The van der Waals surface area contributed by atoms with Crippen LogP contribution in [0.2, 0.25) is 0 Å². The second kappa shape index (κ2) is 9.38. The molecule has 2 saturated carbocycles. The maximum Gasteiger partial charge on any atom is 0.391 e. The summed E-state index contributed by atoms with van der Waals surface area (Å²) < 4.78 is 87.0. The van der Waals surface area contributed by atoms with Crippen LogP contribution in [-0.2, 0) is 19.1 Å². The quantitative estimate of drug-likeness (QED) is 0.347. The van der Waals surface area contributed by atoms with Crippen LogP contribution in [0.3, 0.4) is 0 Å². The molecule has 2 rings (SSSR count). The number of ether oxygens (including phenoxy) is 2. The maximum absolute atomic E-state index is 12.8. The van der Waals surface area contributed by atoms with Crippen molar-refractivity contribution >= 4 is 11.9 Å². The molecule has 0 spiro atoms. The molecular weight excluding hydrogens is 406 g/mol. The number of rotatable bonds is 4. The lowest BCUT2D eigenvalue weighted by Crippen LogP contribution is -2.34. The summed E-state index contributed by atoms with van der Waals surface area (Å²) in [6, 6.07) is 0. The Bertz CT molecular complexity index is 625. The van der Waals surface area contributed by atoms with Gasteiger partial charge in [0.25, 0.3) is 0 Å². The van der Waals surface area contributed by atoms with Crippen molar-refractivity contribution in [3.63, 3.8) is 0 Å². The topological polar surface area (TPSA) is 52.6 Å². The van der Waals surface area contributed by atoms with E-state index < -0.39 is 48.3 Å². The first-order chi connectivity index (χ1) is 13.4. The highest BCUT2D eigenvalue weighted by Crippen LogP contribution is 2.39. The van der Waals surface area contributed by atoms with E-state index in [1.165, 1.54) is 6.92 Å². The number of hydrogen-bond acceptors (Lipinski definition) is 4. The lowest BCUT2D eigenvalue weighted by molar-refractivity contribution is -0.194. The van der Waals surface area contributed by atoms with E-state index in [2.05, 4.69) is 0 Å². The molecule has 4 unspecified atom stereocenters. The van der Waals surface area contributed by atoms with Crippen LogP contribution >= 0.6 is 0 Å². The van der Waals surface area contributed by atoms with E-state index >= 15 is 0 Å². The zero-order valence-electron chi connectivity index (χ0n) is 15.9. The van der Waals surface area contributed by atoms with Gasteiger partial charge in [-0.2, -0.15) is 26.3 Å². The average Bonchev–Trinajstić information content (AvgIpc) is 2.60. The molecule has 0 aromatic carbocycles. The van der Waals surface area contributed by atoms with E-state index in [0.29, 0.717) is 12.8 Å². The van der Waals surface area contributed by atoms with Crippen molar-refractivity contribution in [3.8, 4) is 0 Å². The van der Waals surface area contributed by atoms with Gasteiger partial charge in [-0.3, -0.25) is 0 Å². The Balaban J connectivity index is 1.86. The number of halogens is 6. The molecule has 166 valence electrons. The minimum Gasteiger partial charge on any atom is -0.459 e. The Morgan fingerprint density at radius 3 is 1.69 bits per heavy atom. The van der Waals surface area contributed by atoms with Gasteiger partial charge >= 0.3 is 24.3 Å². The van der Waals surface area contributed by atoms with Crippen molar-refractivity contribution in [2.24, 2.45) is 11.8 Å². The summed E-state index contributed by atoms with van der Waals surface area (Å²) in [6.45, 7) is 1.24. The van der Waals surface area contributed by atoms with Gasteiger partial charge in [-0.15, -0.1) is 0 Å².